The van der Waals surface area contributed by atoms with Crippen LogP contribution in [0.5, 0.6) is 0 Å². The van der Waals surface area contributed by atoms with Crippen molar-refractivity contribution < 1.29 is 14.3 Å². The number of carbonyl (C=O) groups excluding carboxylic acids is 1. The molecule has 0 aliphatic heterocycles. The van der Waals surface area contributed by atoms with Crippen molar-refractivity contribution in [3.63, 3.8) is 0 Å². The van der Waals surface area contributed by atoms with Crippen molar-refractivity contribution in [2.45, 2.75) is 58.3 Å². The summed E-state index contributed by atoms with van der Waals surface area (Å²) in [5, 5.41) is 0. The second-order valence-electron chi connectivity index (χ2n) is 4.08. The second-order valence-corrected chi connectivity index (χ2v) is 4.08. The van der Waals surface area contributed by atoms with Crippen LogP contribution in [0.3, 0.4) is 0 Å². The highest BCUT2D eigenvalue weighted by molar-refractivity contribution is 5.48. The van der Waals surface area contributed by atoms with E-state index >= 15 is 0 Å². The molecule has 0 radical (unpaired) electrons. The van der Waals surface area contributed by atoms with Crippen LogP contribution in [-0.4, -0.2) is 19.7 Å². The maximum absolute atomic E-state index is 10.1. The van der Waals surface area contributed by atoms with Crippen LogP contribution in [0.2, 0.25) is 0 Å². The summed E-state index contributed by atoms with van der Waals surface area (Å²) < 4.78 is 10.4. The molecular weight excluding hydrogens is 216 g/mol. The van der Waals surface area contributed by atoms with Gasteiger partial charge in [-0.05, 0) is 31.8 Å². The molecule has 0 rings (SSSR count). The molecule has 17 heavy (non-hydrogen) atoms. The number of hydrogen-bond acceptors (Lipinski definition) is 3. The Hall–Kier alpha value is -0.830. The van der Waals surface area contributed by atoms with E-state index in [4.69, 9.17) is 9.47 Å². The highest BCUT2D eigenvalue weighted by atomic mass is 16.7. The average Bonchev–Trinajstić information content (AvgIpc) is 2.35. The van der Waals surface area contributed by atoms with Crippen molar-refractivity contribution in [3.8, 4) is 0 Å². The van der Waals surface area contributed by atoms with Crippen molar-refractivity contribution in [3.05, 3.63) is 12.3 Å². The van der Waals surface area contributed by atoms with Gasteiger partial charge in [-0.2, -0.15) is 0 Å². The molecule has 0 unspecified atom stereocenters. The number of rotatable bonds is 13. The van der Waals surface area contributed by atoms with Gasteiger partial charge in [0.25, 0.3) is 0 Å². The Morgan fingerprint density at radius 2 is 1.76 bits per heavy atom. The molecule has 0 aliphatic carbocycles. The molecule has 100 valence electrons. The first-order valence-corrected chi connectivity index (χ1v) is 6.69. The molecule has 0 fully saturated rings. The number of carbonyl (C=O) groups is 1. The first kappa shape index (κ1) is 16.2. The third kappa shape index (κ3) is 15.2. The van der Waals surface area contributed by atoms with E-state index in [-0.39, 0.29) is 0 Å². The van der Waals surface area contributed by atoms with E-state index in [0.717, 1.165) is 51.4 Å². The molecular formula is C14H26O3. The lowest BCUT2D eigenvalue weighted by Crippen LogP contribution is -1.97. The molecule has 0 aromatic heterocycles. The lowest BCUT2D eigenvalue weighted by molar-refractivity contribution is -0.107. The molecule has 0 amide bonds. The lowest BCUT2D eigenvalue weighted by atomic mass is 10.1. The van der Waals surface area contributed by atoms with Crippen molar-refractivity contribution in [2.75, 3.05) is 13.4 Å². The van der Waals surface area contributed by atoms with Crippen LogP contribution in [-0.2, 0) is 14.3 Å². The van der Waals surface area contributed by atoms with Crippen LogP contribution >= 0.6 is 0 Å². The number of ether oxygens (including phenoxy) is 2. The van der Waals surface area contributed by atoms with Gasteiger partial charge in [-0.1, -0.05) is 26.2 Å². The highest BCUT2D eigenvalue weighted by Crippen LogP contribution is 2.04. The largest absolute Gasteiger partial charge is 0.475 e. The number of hydrogen-bond donors (Lipinski definition) is 0. The predicted molar refractivity (Wildman–Crippen MR) is 69.7 cm³/mol. The molecule has 0 aromatic rings. The first-order chi connectivity index (χ1) is 8.41. The van der Waals surface area contributed by atoms with Crippen LogP contribution in [0.15, 0.2) is 12.3 Å². The maximum Gasteiger partial charge on any atom is 0.188 e. The molecule has 0 saturated carbocycles. The Morgan fingerprint density at radius 3 is 2.47 bits per heavy atom. The Labute approximate surface area is 105 Å². The third-order valence-electron chi connectivity index (χ3n) is 2.43. The van der Waals surface area contributed by atoms with Crippen LogP contribution in [0.4, 0.5) is 0 Å². The average molecular weight is 242 g/mol. The Morgan fingerprint density at radius 1 is 1.00 bits per heavy atom. The molecule has 0 heterocycles. The summed E-state index contributed by atoms with van der Waals surface area (Å²) in [6, 6.07) is 0. The van der Waals surface area contributed by atoms with E-state index in [2.05, 4.69) is 6.92 Å². The zero-order valence-electron chi connectivity index (χ0n) is 11.0. The van der Waals surface area contributed by atoms with Crippen LogP contribution in [0.25, 0.3) is 0 Å². The smallest absolute Gasteiger partial charge is 0.188 e. The van der Waals surface area contributed by atoms with Crippen molar-refractivity contribution >= 4 is 6.29 Å². The maximum atomic E-state index is 10.1. The highest BCUT2D eigenvalue weighted by Gasteiger charge is 1.88. The summed E-state index contributed by atoms with van der Waals surface area (Å²) in [5.74, 6) is 0. The summed E-state index contributed by atoms with van der Waals surface area (Å²) in [4.78, 5) is 10.1. The number of allylic oxidation sites excluding steroid dienone is 1. The monoisotopic (exact) mass is 242 g/mol. The quantitative estimate of drug-likeness (QED) is 0.213. The molecule has 0 bridgehead atoms. The van der Waals surface area contributed by atoms with Crippen LogP contribution in [0.1, 0.15) is 58.3 Å². The van der Waals surface area contributed by atoms with Gasteiger partial charge in [-0.3, -0.25) is 0 Å². The van der Waals surface area contributed by atoms with Crippen molar-refractivity contribution in [1.29, 1.82) is 0 Å². The summed E-state index contributed by atoms with van der Waals surface area (Å²) in [5.41, 5.74) is 0. The third-order valence-corrected chi connectivity index (χ3v) is 2.43. The molecule has 0 aliphatic rings. The normalized spacial score (nSPS) is 10.9. The van der Waals surface area contributed by atoms with E-state index in [1.54, 1.807) is 6.26 Å². The van der Waals surface area contributed by atoms with Crippen LogP contribution < -0.4 is 0 Å². The van der Waals surface area contributed by atoms with E-state index in [1.165, 1.54) is 6.42 Å². The van der Waals surface area contributed by atoms with E-state index in [1.807, 2.05) is 6.08 Å². The molecule has 0 atom stereocenters. The zero-order chi connectivity index (χ0) is 12.6. The zero-order valence-corrected chi connectivity index (χ0v) is 11.0. The SMILES string of the molecule is CCCCOCOC=CCCCCCCC=O. The minimum absolute atomic E-state index is 0.357. The standard InChI is InChI=1S/C14H26O3/c1-2-3-12-16-14-17-13-10-8-6-4-5-7-9-11-15/h10-11,13H,2-9,12,14H2,1H3. The number of unbranched alkanes of at least 4 members (excludes halogenated alkanes) is 6. The van der Waals surface area contributed by atoms with Gasteiger partial charge in [0.15, 0.2) is 6.79 Å². The van der Waals surface area contributed by atoms with Gasteiger partial charge in [0, 0.05) is 6.42 Å². The Bertz CT molecular complexity index is 178. The summed E-state index contributed by atoms with van der Waals surface area (Å²) in [7, 11) is 0. The van der Waals surface area contributed by atoms with Gasteiger partial charge in [-0.25, -0.2) is 0 Å². The fourth-order valence-corrected chi connectivity index (χ4v) is 1.37. The van der Waals surface area contributed by atoms with Gasteiger partial charge in [0.1, 0.15) is 6.29 Å². The minimum Gasteiger partial charge on any atom is -0.475 e. The van der Waals surface area contributed by atoms with Gasteiger partial charge < -0.3 is 14.3 Å². The predicted octanol–water partition coefficient (Wildman–Crippen LogP) is 3.83. The fraction of sp³-hybridized carbons (Fsp3) is 0.786. The van der Waals surface area contributed by atoms with Gasteiger partial charge in [0.05, 0.1) is 12.9 Å². The topological polar surface area (TPSA) is 35.5 Å². The summed E-state index contributed by atoms with van der Waals surface area (Å²) in [6.07, 6.45) is 13.2. The van der Waals surface area contributed by atoms with E-state index < -0.39 is 0 Å². The molecule has 3 heteroatoms. The van der Waals surface area contributed by atoms with Crippen molar-refractivity contribution in [1.82, 2.24) is 0 Å². The van der Waals surface area contributed by atoms with E-state index in [9.17, 15) is 4.79 Å². The second kappa shape index (κ2) is 15.2. The van der Waals surface area contributed by atoms with Gasteiger partial charge >= 0.3 is 0 Å². The molecule has 0 saturated heterocycles. The molecule has 0 aromatic carbocycles. The van der Waals surface area contributed by atoms with Crippen LogP contribution in [0, 0.1) is 0 Å². The first-order valence-electron chi connectivity index (χ1n) is 6.69. The lowest BCUT2D eigenvalue weighted by Gasteiger charge is -2.01. The molecule has 0 spiro atoms. The fourth-order valence-electron chi connectivity index (χ4n) is 1.37. The van der Waals surface area contributed by atoms with Crippen molar-refractivity contribution in [2.24, 2.45) is 0 Å². The van der Waals surface area contributed by atoms with Gasteiger partial charge in [-0.15, -0.1) is 0 Å². The number of aldehydes is 1. The Balaban J connectivity index is 3.01. The Kier molecular flexibility index (Phi) is 14.4. The minimum atomic E-state index is 0.357. The molecule has 3 nitrogen and oxygen atoms in total. The molecule has 0 N–H and O–H groups in total. The summed E-state index contributed by atoms with van der Waals surface area (Å²) >= 11 is 0. The van der Waals surface area contributed by atoms with Gasteiger partial charge in [0.2, 0.25) is 0 Å². The summed E-state index contributed by atoms with van der Waals surface area (Å²) in [6.45, 7) is 3.27. The van der Waals surface area contributed by atoms with E-state index in [0.29, 0.717) is 13.2 Å².